The minimum Gasteiger partial charge on any atom is -0.497 e. The minimum atomic E-state index is -0.612. The fourth-order valence-corrected chi connectivity index (χ4v) is 2.82. The Bertz CT molecular complexity index is 1050. The molecule has 3 rings (SSSR count). The Labute approximate surface area is 161 Å². The van der Waals surface area contributed by atoms with Gasteiger partial charge in [-0.2, -0.15) is 0 Å². The number of fused-ring (bicyclic) bond motifs is 1. The molecule has 0 radical (unpaired) electrons. The van der Waals surface area contributed by atoms with Crippen LogP contribution in [-0.2, 0) is 4.79 Å². The van der Waals surface area contributed by atoms with Gasteiger partial charge in [0.25, 0.3) is 0 Å². The molecule has 0 N–H and O–H groups in total. The maximum Gasteiger partial charge on any atom is 0.318 e. The van der Waals surface area contributed by atoms with Crippen LogP contribution in [0.5, 0.6) is 17.2 Å². The molecule has 7 heteroatoms. The Hall–Kier alpha value is -3.61. The molecule has 1 unspecified atom stereocenters. The highest BCUT2D eigenvalue weighted by atomic mass is 16.6. The summed E-state index contributed by atoms with van der Waals surface area (Å²) in [4.78, 5) is 23.2. The minimum absolute atomic E-state index is 0.117. The molecule has 0 aliphatic rings. The van der Waals surface area contributed by atoms with Gasteiger partial charge in [0.1, 0.15) is 11.5 Å². The van der Waals surface area contributed by atoms with Crippen molar-refractivity contribution in [2.45, 2.75) is 12.8 Å². The van der Waals surface area contributed by atoms with Gasteiger partial charge in [-0.15, -0.1) is 0 Å². The van der Waals surface area contributed by atoms with Crippen LogP contribution >= 0.6 is 0 Å². The topological polar surface area (TPSA) is 87.9 Å². The zero-order valence-corrected chi connectivity index (χ0v) is 15.7. The van der Waals surface area contributed by atoms with Gasteiger partial charge in [0, 0.05) is 0 Å². The summed E-state index contributed by atoms with van der Waals surface area (Å²) < 4.78 is 15.5. The van der Waals surface area contributed by atoms with E-state index in [1.54, 1.807) is 14.0 Å². The van der Waals surface area contributed by atoms with Crippen molar-refractivity contribution < 1.29 is 23.9 Å². The predicted octanol–water partition coefficient (Wildman–Crippen LogP) is 4.47. The molecule has 0 amide bonds. The van der Waals surface area contributed by atoms with Gasteiger partial charge in [-0.1, -0.05) is 24.3 Å². The first-order valence-electron chi connectivity index (χ1n) is 8.54. The number of rotatable bonds is 6. The third-order valence-electron chi connectivity index (χ3n) is 4.50. The first kappa shape index (κ1) is 19.2. The molecule has 0 aliphatic heterocycles. The number of ether oxygens (including phenoxy) is 3. The van der Waals surface area contributed by atoms with Crippen molar-refractivity contribution in [2.75, 3.05) is 14.2 Å². The lowest BCUT2D eigenvalue weighted by Crippen LogP contribution is -2.17. The second kappa shape index (κ2) is 7.96. The maximum atomic E-state index is 12.6. The summed E-state index contributed by atoms with van der Waals surface area (Å²) in [6.45, 7) is 1.70. The van der Waals surface area contributed by atoms with Crippen molar-refractivity contribution in [1.29, 1.82) is 0 Å². The molecule has 0 aliphatic carbocycles. The molecule has 0 saturated heterocycles. The number of nitrogens with zero attached hydrogens (tertiary/aromatic N) is 1. The number of nitro benzene ring substituents is 1. The quantitative estimate of drug-likeness (QED) is 0.271. The average molecular weight is 381 g/mol. The van der Waals surface area contributed by atoms with Crippen molar-refractivity contribution >= 4 is 22.4 Å². The SMILES string of the molecule is COc1ccc(OC(=O)C(C)c2ccc3cc(OC)ccc3c2)c([N+](=O)[O-])c1. The second-order valence-electron chi connectivity index (χ2n) is 6.21. The lowest BCUT2D eigenvalue weighted by Gasteiger charge is -2.13. The lowest BCUT2D eigenvalue weighted by atomic mass is 9.98. The Morgan fingerprint density at radius 3 is 2.21 bits per heavy atom. The van der Waals surface area contributed by atoms with E-state index >= 15 is 0 Å². The van der Waals surface area contributed by atoms with E-state index in [0.717, 1.165) is 22.1 Å². The Balaban J connectivity index is 1.85. The van der Waals surface area contributed by atoms with Crippen molar-refractivity contribution in [3.05, 3.63) is 70.3 Å². The molecule has 28 heavy (non-hydrogen) atoms. The number of benzene rings is 3. The van der Waals surface area contributed by atoms with Crippen molar-refractivity contribution in [1.82, 2.24) is 0 Å². The number of hydrogen-bond acceptors (Lipinski definition) is 6. The molecule has 7 nitrogen and oxygen atoms in total. The van der Waals surface area contributed by atoms with E-state index in [-0.39, 0.29) is 11.4 Å². The maximum absolute atomic E-state index is 12.6. The fourth-order valence-electron chi connectivity index (χ4n) is 2.82. The number of carbonyl (C=O) groups excluding carboxylic acids is 1. The van der Waals surface area contributed by atoms with Crippen molar-refractivity contribution in [3.8, 4) is 17.2 Å². The van der Waals surface area contributed by atoms with Crippen LogP contribution in [0.3, 0.4) is 0 Å². The van der Waals surface area contributed by atoms with E-state index in [0.29, 0.717) is 5.75 Å². The van der Waals surface area contributed by atoms with Gasteiger partial charge in [0.05, 0.1) is 31.1 Å². The number of nitro groups is 1. The van der Waals surface area contributed by atoms with Gasteiger partial charge < -0.3 is 14.2 Å². The summed E-state index contributed by atoms with van der Waals surface area (Å²) in [6, 6.07) is 15.4. The summed E-state index contributed by atoms with van der Waals surface area (Å²) in [5.74, 6) is -0.244. The fraction of sp³-hybridized carbons (Fsp3) is 0.190. The molecule has 0 bridgehead atoms. The number of esters is 1. The van der Waals surface area contributed by atoms with Crippen LogP contribution in [0.25, 0.3) is 10.8 Å². The molecule has 3 aromatic carbocycles. The number of carbonyl (C=O) groups is 1. The molecule has 144 valence electrons. The van der Waals surface area contributed by atoms with Crippen LogP contribution in [0.15, 0.2) is 54.6 Å². The average Bonchev–Trinajstić information content (AvgIpc) is 2.72. The molecule has 0 spiro atoms. The normalized spacial score (nSPS) is 11.7. The summed E-state index contributed by atoms with van der Waals surface area (Å²) in [5, 5.41) is 13.2. The molecule has 3 aromatic rings. The third-order valence-corrected chi connectivity index (χ3v) is 4.50. The second-order valence-corrected chi connectivity index (χ2v) is 6.21. The van der Waals surface area contributed by atoms with Gasteiger partial charge in [-0.05, 0) is 47.5 Å². The molecular formula is C21H19NO6. The predicted molar refractivity (Wildman–Crippen MR) is 104 cm³/mol. The van der Waals surface area contributed by atoms with Crippen LogP contribution in [0.2, 0.25) is 0 Å². The Morgan fingerprint density at radius 2 is 1.54 bits per heavy atom. The summed E-state index contributed by atoms with van der Waals surface area (Å²) in [7, 11) is 3.01. The molecule has 0 aromatic heterocycles. The molecular weight excluding hydrogens is 362 g/mol. The first-order chi connectivity index (χ1) is 13.4. The molecule has 0 saturated carbocycles. The van der Waals surface area contributed by atoms with Crippen LogP contribution in [0.4, 0.5) is 5.69 Å². The Kier molecular flexibility index (Phi) is 5.44. The van der Waals surface area contributed by atoms with Gasteiger partial charge in [-0.25, -0.2) is 0 Å². The Morgan fingerprint density at radius 1 is 0.929 bits per heavy atom. The largest absolute Gasteiger partial charge is 0.497 e. The number of methoxy groups -OCH3 is 2. The van der Waals surface area contributed by atoms with Crippen LogP contribution in [-0.4, -0.2) is 25.1 Å². The molecule has 0 heterocycles. The van der Waals surface area contributed by atoms with E-state index in [1.165, 1.54) is 25.3 Å². The highest BCUT2D eigenvalue weighted by Gasteiger charge is 2.23. The molecule has 1 atom stereocenters. The zero-order chi connectivity index (χ0) is 20.3. The van der Waals surface area contributed by atoms with Gasteiger partial charge in [0.15, 0.2) is 0 Å². The van der Waals surface area contributed by atoms with Crippen molar-refractivity contribution in [3.63, 3.8) is 0 Å². The smallest absolute Gasteiger partial charge is 0.318 e. The van der Waals surface area contributed by atoms with Gasteiger partial charge in [-0.3, -0.25) is 14.9 Å². The van der Waals surface area contributed by atoms with Crippen molar-refractivity contribution in [2.24, 2.45) is 0 Å². The van der Waals surface area contributed by atoms with E-state index in [4.69, 9.17) is 14.2 Å². The lowest BCUT2D eigenvalue weighted by molar-refractivity contribution is -0.385. The summed E-state index contributed by atoms with van der Waals surface area (Å²) in [6.07, 6.45) is 0. The standard InChI is InChI=1S/C21H19NO6/c1-13(14-4-5-16-11-17(26-2)7-6-15(16)10-14)21(23)28-20-9-8-18(27-3)12-19(20)22(24)25/h4-13H,1-3H3. The van der Waals surface area contributed by atoms with E-state index < -0.39 is 16.8 Å². The highest BCUT2D eigenvalue weighted by molar-refractivity contribution is 5.87. The monoisotopic (exact) mass is 381 g/mol. The van der Waals surface area contributed by atoms with Gasteiger partial charge in [0.2, 0.25) is 5.75 Å². The van der Waals surface area contributed by atoms with Crippen LogP contribution < -0.4 is 14.2 Å². The molecule has 0 fully saturated rings. The third kappa shape index (κ3) is 3.88. The zero-order valence-electron chi connectivity index (χ0n) is 15.7. The first-order valence-corrected chi connectivity index (χ1v) is 8.54. The van der Waals surface area contributed by atoms with Crippen LogP contribution in [0, 0.1) is 10.1 Å². The summed E-state index contributed by atoms with van der Waals surface area (Å²) >= 11 is 0. The van der Waals surface area contributed by atoms with E-state index in [9.17, 15) is 14.9 Å². The number of hydrogen-bond donors (Lipinski definition) is 0. The summed E-state index contributed by atoms with van der Waals surface area (Å²) in [5.41, 5.74) is 0.421. The van der Waals surface area contributed by atoms with Crippen LogP contribution in [0.1, 0.15) is 18.4 Å². The van der Waals surface area contributed by atoms with E-state index in [2.05, 4.69) is 0 Å². The van der Waals surface area contributed by atoms with E-state index in [1.807, 2.05) is 36.4 Å². The van der Waals surface area contributed by atoms with Gasteiger partial charge >= 0.3 is 11.7 Å². The highest BCUT2D eigenvalue weighted by Crippen LogP contribution is 2.33.